The van der Waals surface area contributed by atoms with Crippen molar-refractivity contribution in [1.82, 2.24) is 4.98 Å². The van der Waals surface area contributed by atoms with Crippen molar-refractivity contribution in [3.8, 4) is 11.8 Å². The van der Waals surface area contributed by atoms with Gasteiger partial charge in [0, 0.05) is 0 Å². The molecule has 0 saturated heterocycles. The molecular weight excluding hydrogens is 303 g/mol. The number of carbonyl (C=O) groups is 1. The number of aromatic nitrogens is 1. The molecule has 0 atom stereocenters. The Hall–Kier alpha value is -3.40. The molecule has 6 nitrogen and oxygen atoms in total. The fraction of sp³-hybridized carbons (Fsp3) is 0.0625. The largest absolute Gasteiger partial charge is 0.479 e. The summed E-state index contributed by atoms with van der Waals surface area (Å²) in [6.45, 7) is -0.188. The Kier molecular flexibility index (Phi) is 3.65. The number of carboxylic acids is 1. The highest BCUT2D eigenvalue weighted by Crippen LogP contribution is 2.24. The van der Waals surface area contributed by atoms with E-state index in [4.69, 9.17) is 19.5 Å². The van der Waals surface area contributed by atoms with Crippen molar-refractivity contribution in [2.45, 2.75) is 6.61 Å². The van der Waals surface area contributed by atoms with Gasteiger partial charge in [-0.3, -0.25) is 0 Å². The van der Waals surface area contributed by atoms with E-state index in [-0.39, 0.29) is 35.0 Å². The van der Waals surface area contributed by atoms with Gasteiger partial charge in [-0.05, 0) is 30.3 Å². The molecule has 3 rings (SSSR count). The monoisotopic (exact) mass is 312 g/mol. The van der Waals surface area contributed by atoms with Gasteiger partial charge in [-0.25, -0.2) is 14.2 Å². The predicted octanol–water partition coefficient (Wildman–Crippen LogP) is 3.12. The van der Waals surface area contributed by atoms with Crippen LogP contribution in [0.5, 0.6) is 5.75 Å². The minimum atomic E-state index is -1.08. The number of hydrogen-bond acceptors (Lipinski definition) is 5. The summed E-state index contributed by atoms with van der Waals surface area (Å²) in [5, 5.41) is 17.9. The van der Waals surface area contributed by atoms with Crippen molar-refractivity contribution in [2.24, 2.45) is 0 Å². The van der Waals surface area contributed by atoms with E-state index in [0.29, 0.717) is 5.52 Å². The molecule has 0 unspecified atom stereocenters. The number of rotatable bonds is 4. The Morgan fingerprint density at radius 3 is 2.96 bits per heavy atom. The lowest BCUT2D eigenvalue weighted by Gasteiger charge is -2.06. The summed E-state index contributed by atoms with van der Waals surface area (Å²) in [6, 6.07) is 10.1. The van der Waals surface area contributed by atoms with E-state index in [9.17, 15) is 9.18 Å². The number of hydrogen-bond donors (Lipinski definition) is 1. The zero-order valence-electron chi connectivity index (χ0n) is 11.6. The van der Waals surface area contributed by atoms with Crippen molar-refractivity contribution >= 4 is 17.1 Å². The van der Waals surface area contributed by atoms with Gasteiger partial charge in [0.1, 0.15) is 11.6 Å². The van der Waals surface area contributed by atoms with Gasteiger partial charge in [-0.15, -0.1) is 0 Å². The first kappa shape index (κ1) is 14.5. The summed E-state index contributed by atoms with van der Waals surface area (Å²) in [4.78, 5) is 15.0. The Labute approximate surface area is 129 Å². The number of nitrogens with zero attached hydrogens (tertiary/aromatic N) is 2. The van der Waals surface area contributed by atoms with E-state index in [0.717, 1.165) is 0 Å². The van der Waals surface area contributed by atoms with Crippen LogP contribution in [0.4, 0.5) is 4.39 Å². The van der Waals surface area contributed by atoms with Gasteiger partial charge >= 0.3 is 5.97 Å². The van der Waals surface area contributed by atoms with Crippen LogP contribution < -0.4 is 4.74 Å². The van der Waals surface area contributed by atoms with Crippen molar-refractivity contribution in [3.05, 3.63) is 59.2 Å². The molecule has 0 aliphatic carbocycles. The zero-order chi connectivity index (χ0) is 16.4. The molecule has 0 amide bonds. The summed E-state index contributed by atoms with van der Waals surface area (Å²) < 4.78 is 24.4. The van der Waals surface area contributed by atoms with Crippen LogP contribution in [0.3, 0.4) is 0 Å². The standard InChI is InChI=1S/C16H9FN2O4/c17-11-3-1-2-10(7-18)15(11)22-8-14-19-12-5-4-9(16(20)21)6-13(12)23-14/h1-6H,8H2,(H,20,21). The maximum absolute atomic E-state index is 13.7. The average molecular weight is 312 g/mol. The predicted molar refractivity (Wildman–Crippen MR) is 76.4 cm³/mol. The third-order valence-corrected chi connectivity index (χ3v) is 3.11. The summed E-state index contributed by atoms with van der Waals surface area (Å²) in [5.74, 6) is -1.77. The highest BCUT2D eigenvalue weighted by molar-refractivity contribution is 5.91. The summed E-state index contributed by atoms with van der Waals surface area (Å²) in [7, 11) is 0. The third-order valence-electron chi connectivity index (χ3n) is 3.11. The van der Waals surface area contributed by atoms with Gasteiger partial charge in [0.2, 0.25) is 5.89 Å². The van der Waals surface area contributed by atoms with Gasteiger partial charge < -0.3 is 14.3 Å². The topological polar surface area (TPSA) is 96.3 Å². The molecule has 2 aromatic carbocycles. The fourth-order valence-electron chi connectivity index (χ4n) is 2.04. The first-order valence-corrected chi connectivity index (χ1v) is 6.52. The minimum Gasteiger partial charge on any atom is -0.479 e. The molecule has 0 spiro atoms. The second-order valence-corrected chi connectivity index (χ2v) is 4.61. The molecular formula is C16H9FN2O4. The summed E-state index contributed by atoms with van der Waals surface area (Å²) in [6.07, 6.45) is 0. The smallest absolute Gasteiger partial charge is 0.335 e. The molecule has 23 heavy (non-hydrogen) atoms. The molecule has 3 aromatic rings. The van der Waals surface area contributed by atoms with Gasteiger partial charge in [0.15, 0.2) is 23.8 Å². The second kappa shape index (κ2) is 5.77. The van der Waals surface area contributed by atoms with E-state index < -0.39 is 11.8 Å². The van der Waals surface area contributed by atoms with E-state index in [1.807, 2.05) is 6.07 Å². The molecule has 1 heterocycles. The number of aromatic carboxylic acids is 1. The molecule has 0 aliphatic rings. The van der Waals surface area contributed by atoms with E-state index in [2.05, 4.69) is 4.98 Å². The van der Waals surface area contributed by atoms with Crippen LogP contribution in [-0.2, 0) is 6.61 Å². The van der Waals surface area contributed by atoms with Crippen molar-refractivity contribution < 1.29 is 23.4 Å². The lowest BCUT2D eigenvalue weighted by Crippen LogP contribution is -1.99. The maximum atomic E-state index is 13.7. The van der Waals surface area contributed by atoms with Crippen molar-refractivity contribution in [1.29, 1.82) is 5.26 Å². The van der Waals surface area contributed by atoms with E-state index in [1.54, 1.807) is 0 Å². The lowest BCUT2D eigenvalue weighted by atomic mass is 10.2. The van der Waals surface area contributed by atoms with Crippen LogP contribution in [0.25, 0.3) is 11.1 Å². The Bertz CT molecular complexity index is 943. The number of fused-ring (bicyclic) bond motifs is 1. The highest BCUT2D eigenvalue weighted by atomic mass is 19.1. The number of nitriles is 1. The Balaban J connectivity index is 1.86. The fourth-order valence-corrected chi connectivity index (χ4v) is 2.04. The van der Waals surface area contributed by atoms with Gasteiger partial charge in [0.25, 0.3) is 0 Å². The summed E-state index contributed by atoms with van der Waals surface area (Å²) in [5.41, 5.74) is 0.886. The zero-order valence-corrected chi connectivity index (χ0v) is 11.6. The maximum Gasteiger partial charge on any atom is 0.335 e. The van der Waals surface area contributed by atoms with Gasteiger partial charge in [-0.2, -0.15) is 5.26 Å². The lowest BCUT2D eigenvalue weighted by molar-refractivity contribution is 0.0697. The average Bonchev–Trinajstić information content (AvgIpc) is 2.95. The molecule has 1 N–H and O–H groups in total. The number of ether oxygens (including phenoxy) is 1. The first-order chi connectivity index (χ1) is 11.1. The van der Waals surface area contributed by atoms with Crippen LogP contribution in [0, 0.1) is 17.1 Å². The highest BCUT2D eigenvalue weighted by Gasteiger charge is 2.13. The molecule has 0 saturated carbocycles. The van der Waals surface area contributed by atoms with Crippen LogP contribution >= 0.6 is 0 Å². The number of halogens is 1. The SMILES string of the molecule is N#Cc1cccc(F)c1OCc1nc2ccc(C(=O)O)cc2o1. The Morgan fingerprint density at radius 1 is 1.39 bits per heavy atom. The first-order valence-electron chi connectivity index (χ1n) is 6.52. The number of para-hydroxylation sites is 1. The second-order valence-electron chi connectivity index (χ2n) is 4.61. The molecule has 1 aromatic heterocycles. The van der Waals surface area contributed by atoms with Crippen LogP contribution in [-0.4, -0.2) is 16.1 Å². The van der Waals surface area contributed by atoms with E-state index >= 15 is 0 Å². The molecule has 0 bridgehead atoms. The van der Waals surface area contributed by atoms with Crippen LogP contribution in [0.15, 0.2) is 40.8 Å². The van der Waals surface area contributed by atoms with E-state index in [1.165, 1.54) is 36.4 Å². The molecule has 0 fully saturated rings. The number of oxazole rings is 1. The number of carboxylic acid groups (broad SMARTS) is 1. The van der Waals surface area contributed by atoms with Crippen molar-refractivity contribution in [3.63, 3.8) is 0 Å². The normalized spacial score (nSPS) is 10.4. The number of benzene rings is 2. The van der Waals surface area contributed by atoms with Crippen LogP contribution in [0.1, 0.15) is 21.8 Å². The quantitative estimate of drug-likeness (QED) is 0.795. The van der Waals surface area contributed by atoms with Crippen LogP contribution in [0.2, 0.25) is 0 Å². The van der Waals surface area contributed by atoms with Gasteiger partial charge in [0.05, 0.1) is 11.1 Å². The third kappa shape index (κ3) is 2.82. The minimum absolute atomic E-state index is 0.0641. The molecule has 7 heteroatoms. The molecule has 114 valence electrons. The molecule has 0 aliphatic heterocycles. The molecule has 0 radical (unpaired) electrons. The van der Waals surface area contributed by atoms with Gasteiger partial charge in [-0.1, -0.05) is 6.07 Å². The van der Waals surface area contributed by atoms with Crippen molar-refractivity contribution in [2.75, 3.05) is 0 Å². The summed E-state index contributed by atoms with van der Waals surface area (Å²) >= 11 is 0. The Morgan fingerprint density at radius 2 is 2.22 bits per heavy atom.